The van der Waals surface area contributed by atoms with Gasteiger partial charge >= 0.3 is 0 Å². The molecule has 3 N–H and O–H groups in total. The first-order valence-corrected chi connectivity index (χ1v) is 10.4. The van der Waals surface area contributed by atoms with Crippen molar-refractivity contribution in [2.24, 2.45) is 0 Å². The number of aromatic hydroxyl groups is 1. The van der Waals surface area contributed by atoms with Gasteiger partial charge in [0.05, 0.1) is 28.9 Å². The number of benzene rings is 3. The monoisotopic (exact) mass is 434 g/mol. The Morgan fingerprint density at radius 3 is 2.58 bits per heavy atom. The van der Waals surface area contributed by atoms with E-state index in [1.165, 1.54) is 12.1 Å². The first-order chi connectivity index (χ1) is 16.1. The number of rotatable bonds is 3. The number of amides is 1. The number of aromatic nitrogens is 3. The van der Waals surface area contributed by atoms with Gasteiger partial charge in [-0.25, -0.2) is 4.98 Å². The van der Waals surface area contributed by atoms with Gasteiger partial charge in [0.15, 0.2) is 5.76 Å². The van der Waals surface area contributed by atoms with Crippen molar-refractivity contribution in [3.8, 4) is 5.75 Å². The van der Waals surface area contributed by atoms with Crippen molar-refractivity contribution in [1.29, 1.82) is 0 Å². The molecule has 3 heterocycles. The number of pyridine rings is 1. The fourth-order valence-electron chi connectivity index (χ4n) is 4.52. The minimum absolute atomic E-state index is 0.105. The lowest BCUT2D eigenvalue weighted by Crippen LogP contribution is -2.30. The number of carbonyl (C=O) groups excluding carboxylic acids is 1. The lowest BCUT2D eigenvalue weighted by Gasteiger charge is -2.28. The lowest BCUT2D eigenvalue weighted by atomic mass is 9.91. The fourth-order valence-corrected chi connectivity index (χ4v) is 4.52. The standard InChI is InChI=1S/C26H18N4O3/c31-18-9-6-15(7-10-18)22-24(19-5-1-3-16-4-2-12-27-23(16)19)30(26(33)25(22)32)17-8-11-20-21(13-17)29-14-28-20/h1-14,24,31-32H,(H,28,29). The molecule has 7 heteroatoms. The Hall–Kier alpha value is -4.65. The van der Waals surface area contributed by atoms with Gasteiger partial charge in [0.25, 0.3) is 5.91 Å². The Morgan fingerprint density at radius 2 is 1.73 bits per heavy atom. The van der Waals surface area contributed by atoms with Crippen LogP contribution in [0.3, 0.4) is 0 Å². The van der Waals surface area contributed by atoms with Crippen LogP contribution in [0, 0.1) is 0 Å². The molecule has 2 aromatic heterocycles. The number of aromatic amines is 1. The average molecular weight is 434 g/mol. The summed E-state index contributed by atoms with van der Waals surface area (Å²) in [5.41, 5.74) is 4.83. The van der Waals surface area contributed by atoms with Crippen molar-refractivity contribution in [2.45, 2.75) is 6.04 Å². The maximum absolute atomic E-state index is 13.5. The van der Waals surface area contributed by atoms with Crippen LogP contribution in [0.2, 0.25) is 0 Å². The van der Waals surface area contributed by atoms with E-state index in [1.807, 2.05) is 48.5 Å². The summed E-state index contributed by atoms with van der Waals surface area (Å²) in [6, 6.07) is 21.0. The Bertz CT molecular complexity index is 1560. The normalized spacial score (nSPS) is 16.3. The number of carbonyl (C=O) groups is 1. The largest absolute Gasteiger partial charge is 0.508 e. The Kier molecular flexibility index (Phi) is 4.16. The third-order valence-electron chi connectivity index (χ3n) is 6.03. The number of nitrogens with zero attached hydrogens (tertiary/aromatic N) is 3. The molecule has 3 aromatic carbocycles. The third-order valence-corrected chi connectivity index (χ3v) is 6.03. The molecule has 1 amide bonds. The van der Waals surface area contributed by atoms with Crippen molar-refractivity contribution in [3.63, 3.8) is 0 Å². The summed E-state index contributed by atoms with van der Waals surface area (Å²) in [6.45, 7) is 0. The summed E-state index contributed by atoms with van der Waals surface area (Å²) in [5.74, 6) is -0.730. The number of H-pyrrole nitrogens is 1. The maximum Gasteiger partial charge on any atom is 0.294 e. The Labute approximate surface area is 188 Å². The minimum atomic E-state index is -0.624. The van der Waals surface area contributed by atoms with Crippen molar-refractivity contribution < 1.29 is 15.0 Å². The maximum atomic E-state index is 13.5. The Morgan fingerprint density at radius 1 is 0.909 bits per heavy atom. The van der Waals surface area contributed by atoms with Crippen molar-refractivity contribution in [2.75, 3.05) is 4.90 Å². The first-order valence-electron chi connectivity index (χ1n) is 10.4. The first kappa shape index (κ1) is 19.1. The number of phenols is 1. The van der Waals surface area contributed by atoms with Crippen molar-refractivity contribution >= 4 is 39.1 Å². The predicted molar refractivity (Wildman–Crippen MR) is 126 cm³/mol. The summed E-state index contributed by atoms with van der Waals surface area (Å²) in [6.07, 6.45) is 3.32. The van der Waals surface area contributed by atoms with Crippen molar-refractivity contribution in [1.82, 2.24) is 15.0 Å². The molecule has 1 atom stereocenters. The van der Waals surface area contributed by atoms with E-state index in [0.717, 1.165) is 27.5 Å². The second-order valence-electron chi connectivity index (χ2n) is 7.91. The van der Waals surface area contributed by atoms with Crippen LogP contribution < -0.4 is 4.90 Å². The quantitative estimate of drug-likeness (QED) is 0.376. The molecular formula is C26H18N4O3. The van der Waals surface area contributed by atoms with Crippen LogP contribution >= 0.6 is 0 Å². The van der Waals surface area contributed by atoms with E-state index >= 15 is 0 Å². The number of imidazole rings is 1. The zero-order valence-electron chi connectivity index (χ0n) is 17.3. The highest BCUT2D eigenvalue weighted by Gasteiger charge is 2.43. The molecule has 0 saturated heterocycles. The highest BCUT2D eigenvalue weighted by atomic mass is 16.3. The summed E-state index contributed by atoms with van der Waals surface area (Å²) >= 11 is 0. The molecule has 1 aliphatic rings. The van der Waals surface area contributed by atoms with E-state index in [9.17, 15) is 15.0 Å². The second kappa shape index (κ2) is 7.20. The number of hydrogen-bond acceptors (Lipinski definition) is 5. The molecule has 5 aromatic rings. The second-order valence-corrected chi connectivity index (χ2v) is 7.91. The Balaban J connectivity index is 1.62. The van der Waals surface area contributed by atoms with E-state index < -0.39 is 11.9 Å². The molecule has 0 radical (unpaired) electrons. The van der Waals surface area contributed by atoms with Crippen LogP contribution in [-0.2, 0) is 4.79 Å². The molecule has 0 bridgehead atoms. The third kappa shape index (κ3) is 2.94. The van der Waals surface area contributed by atoms with Crippen LogP contribution in [0.25, 0.3) is 27.5 Å². The van der Waals surface area contributed by atoms with Gasteiger partial charge in [-0.15, -0.1) is 0 Å². The highest BCUT2D eigenvalue weighted by molar-refractivity contribution is 6.17. The number of para-hydroxylation sites is 1. The molecule has 0 fully saturated rings. The van der Waals surface area contributed by atoms with Crippen LogP contribution in [0.4, 0.5) is 5.69 Å². The number of anilines is 1. The molecule has 7 nitrogen and oxygen atoms in total. The van der Waals surface area contributed by atoms with E-state index in [1.54, 1.807) is 29.6 Å². The number of fused-ring (bicyclic) bond motifs is 2. The van der Waals surface area contributed by atoms with Gasteiger partial charge in [-0.2, -0.15) is 0 Å². The predicted octanol–water partition coefficient (Wildman–Crippen LogP) is 4.87. The van der Waals surface area contributed by atoms with E-state index in [4.69, 9.17) is 0 Å². The van der Waals surface area contributed by atoms with E-state index in [-0.39, 0.29) is 11.5 Å². The van der Waals surface area contributed by atoms with Gasteiger partial charge in [0.2, 0.25) is 0 Å². The molecular weight excluding hydrogens is 416 g/mol. The van der Waals surface area contributed by atoms with Crippen LogP contribution in [-0.4, -0.2) is 31.1 Å². The van der Waals surface area contributed by atoms with Gasteiger partial charge in [-0.1, -0.05) is 36.4 Å². The van der Waals surface area contributed by atoms with Crippen molar-refractivity contribution in [3.05, 3.63) is 102 Å². The zero-order valence-corrected chi connectivity index (χ0v) is 17.3. The number of phenolic OH excluding ortho intramolecular Hbond substituents is 1. The topological polar surface area (TPSA) is 102 Å². The molecule has 0 saturated carbocycles. The van der Waals surface area contributed by atoms with Gasteiger partial charge in [-0.3, -0.25) is 14.7 Å². The molecule has 0 spiro atoms. The lowest BCUT2D eigenvalue weighted by molar-refractivity contribution is -0.117. The fraction of sp³-hybridized carbons (Fsp3) is 0.0385. The smallest absolute Gasteiger partial charge is 0.294 e. The molecule has 0 aliphatic carbocycles. The minimum Gasteiger partial charge on any atom is -0.508 e. The zero-order chi connectivity index (χ0) is 22.5. The number of aliphatic hydroxyl groups is 1. The van der Waals surface area contributed by atoms with Gasteiger partial charge in [-0.05, 0) is 42.0 Å². The van der Waals surface area contributed by atoms with Crippen LogP contribution in [0.15, 0.2) is 91.1 Å². The molecule has 33 heavy (non-hydrogen) atoms. The number of nitrogens with one attached hydrogen (secondary N) is 1. The van der Waals surface area contributed by atoms with Gasteiger partial charge in [0, 0.05) is 28.4 Å². The van der Waals surface area contributed by atoms with E-state index in [2.05, 4.69) is 15.0 Å². The summed E-state index contributed by atoms with van der Waals surface area (Å²) in [5, 5.41) is 21.8. The number of aliphatic hydroxyl groups excluding tert-OH is 1. The van der Waals surface area contributed by atoms with Crippen LogP contribution in [0.5, 0.6) is 5.75 Å². The average Bonchev–Trinajstić information content (AvgIpc) is 3.41. The molecule has 1 unspecified atom stereocenters. The van der Waals surface area contributed by atoms with E-state index in [0.29, 0.717) is 16.8 Å². The highest BCUT2D eigenvalue weighted by Crippen LogP contribution is 2.47. The van der Waals surface area contributed by atoms with Gasteiger partial charge in [0.1, 0.15) is 5.75 Å². The summed E-state index contributed by atoms with van der Waals surface area (Å²) in [7, 11) is 0. The SMILES string of the molecule is O=C1C(O)=C(c2ccc(O)cc2)C(c2cccc3cccnc23)N1c1ccc2nc[nH]c2c1. The molecule has 160 valence electrons. The summed E-state index contributed by atoms with van der Waals surface area (Å²) in [4.78, 5) is 27.0. The van der Waals surface area contributed by atoms with Crippen LogP contribution in [0.1, 0.15) is 17.2 Å². The number of hydrogen-bond donors (Lipinski definition) is 3. The molecule has 6 rings (SSSR count). The molecule has 1 aliphatic heterocycles. The summed E-state index contributed by atoms with van der Waals surface area (Å²) < 4.78 is 0. The van der Waals surface area contributed by atoms with Gasteiger partial charge < -0.3 is 15.2 Å².